The minimum Gasteiger partial charge on any atom is -0.476 e. The summed E-state index contributed by atoms with van der Waals surface area (Å²) >= 11 is 5.90. The van der Waals surface area contributed by atoms with Gasteiger partial charge in [0.2, 0.25) is 0 Å². The molecule has 2 rings (SSSR count). The zero-order chi connectivity index (χ0) is 14.0. The number of rotatable bonds is 4. The van der Waals surface area contributed by atoms with Gasteiger partial charge in [-0.3, -0.25) is 0 Å². The summed E-state index contributed by atoms with van der Waals surface area (Å²) in [5, 5.41) is 16.4. The summed E-state index contributed by atoms with van der Waals surface area (Å²) in [6, 6.07) is 3.94. The molecule has 0 saturated carbocycles. The molecule has 6 nitrogen and oxygen atoms in total. The molecule has 0 amide bonds. The predicted octanol–water partition coefficient (Wildman–Crippen LogP) is 1.28. The van der Waals surface area contributed by atoms with Gasteiger partial charge in [0.05, 0.1) is 12.2 Å². The molecular weight excluding hydrogens is 275 g/mol. The average Bonchev–Trinajstić information content (AvgIpc) is 2.75. The van der Waals surface area contributed by atoms with Gasteiger partial charge in [-0.1, -0.05) is 22.9 Å². The molecule has 1 aromatic carbocycles. The fraction of sp³-hybridized carbons (Fsp3) is 0.182. The number of aromatic carboxylic acids is 1. The van der Waals surface area contributed by atoms with Gasteiger partial charge in [0.15, 0.2) is 5.69 Å². The van der Waals surface area contributed by atoms with E-state index in [0.717, 1.165) is 0 Å². The Bertz CT molecular complexity index is 629. The standard InChI is InChI=1S/C11H10ClFN4O2/c12-8-3-7(13)2-1-6(8)5-17-9(4-14)10(11(18)19)15-16-17/h1-3H,4-5,14H2,(H,18,19). The van der Waals surface area contributed by atoms with Gasteiger partial charge in [0.1, 0.15) is 5.82 Å². The lowest BCUT2D eigenvalue weighted by molar-refractivity contribution is 0.0689. The molecule has 0 fully saturated rings. The smallest absolute Gasteiger partial charge is 0.358 e. The summed E-state index contributed by atoms with van der Waals surface area (Å²) in [5.41, 5.74) is 6.18. The summed E-state index contributed by atoms with van der Waals surface area (Å²) in [6.07, 6.45) is 0. The molecule has 0 bridgehead atoms. The molecule has 0 atom stereocenters. The van der Waals surface area contributed by atoms with Gasteiger partial charge in [-0.25, -0.2) is 13.9 Å². The number of carboxylic acid groups (broad SMARTS) is 1. The van der Waals surface area contributed by atoms with Crippen molar-refractivity contribution in [2.24, 2.45) is 5.73 Å². The molecule has 2 aromatic rings. The topological polar surface area (TPSA) is 94.0 Å². The quantitative estimate of drug-likeness (QED) is 0.882. The van der Waals surface area contributed by atoms with E-state index in [1.807, 2.05) is 0 Å². The van der Waals surface area contributed by atoms with E-state index < -0.39 is 11.8 Å². The van der Waals surface area contributed by atoms with Gasteiger partial charge in [0.25, 0.3) is 0 Å². The normalized spacial score (nSPS) is 10.7. The molecule has 0 aliphatic rings. The van der Waals surface area contributed by atoms with Crippen LogP contribution in [-0.4, -0.2) is 26.1 Å². The predicted molar refractivity (Wildman–Crippen MR) is 65.4 cm³/mol. The van der Waals surface area contributed by atoms with E-state index in [9.17, 15) is 9.18 Å². The molecular formula is C11H10ClFN4O2. The zero-order valence-electron chi connectivity index (χ0n) is 9.68. The number of benzene rings is 1. The van der Waals surface area contributed by atoms with Crippen molar-refractivity contribution in [1.82, 2.24) is 15.0 Å². The van der Waals surface area contributed by atoms with E-state index in [0.29, 0.717) is 5.56 Å². The fourth-order valence-electron chi connectivity index (χ4n) is 1.64. The van der Waals surface area contributed by atoms with Gasteiger partial charge >= 0.3 is 5.97 Å². The molecule has 0 spiro atoms. The van der Waals surface area contributed by atoms with Crippen LogP contribution in [0.5, 0.6) is 0 Å². The second-order valence-corrected chi connectivity index (χ2v) is 4.19. The maximum absolute atomic E-state index is 12.9. The number of hydrogen-bond donors (Lipinski definition) is 2. The molecule has 0 aliphatic carbocycles. The van der Waals surface area contributed by atoms with Crippen molar-refractivity contribution in [1.29, 1.82) is 0 Å². The van der Waals surface area contributed by atoms with Crippen molar-refractivity contribution in [3.8, 4) is 0 Å². The van der Waals surface area contributed by atoms with Crippen LogP contribution in [0.1, 0.15) is 21.7 Å². The summed E-state index contributed by atoms with van der Waals surface area (Å²) in [5.74, 6) is -1.64. The van der Waals surface area contributed by atoms with Crippen molar-refractivity contribution >= 4 is 17.6 Å². The van der Waals surface area contributed by atoms with E-state index in [2.05, 4.69) is 10.3 Å². The Labute approximate surface area is 112 Å². The summed E-state index contributed by atoms with van der Waals surface area (Å²) in [4.78, 5) is 10.9. The number of halogens is 2. The van der Waals surface area contributed by atoms with Crippen molar-refractivity contribution in [2.45, 2.75) is 13.1 Å². The van der Waals surface area contributed by atoms with Gasteiger partial charge in [-0.15, -0.1) is 5.10 Å². The molecule has 1 heterocycles. The van der Waals surface area contributed by atoms with E-state index >= 15 is 0 Å². The molecule has 3 N–H and O–H groups in total. The van der Waals surface area contributed by atoms with Crippen LogP contribution < -0.4 is 5.73 Å². The van der Waals surface area contributed by atoms with Gasteiger partial charge < -0.3 is 10.8 Å². The van der Waals surface area contributed by atoms with Crippen molar-refractivity contribution in [3.05, 3.63) is 46.0 Å². The maximum Gasteiger partial charge on any atom is 0.358 e. The molecule has 100 valence electrons. The third kappa shape index (κ3) is 2.72. The number of carboxylic acids is 1. The van der Waals surface area contributed by atoms with E-state index in [1.165, 1.54) is 22.9 Å². The Kier molecular flexibility index (Phi) is 3.77. The SMILES string of the molecule is NCc1c(C(=O)O)nnn1Cc1ccc(F)cc1Cl. The molecule has 19 heavy (non-hydrogen) atoms. The van der Waals surface area contributed by atoms with E-state index in [4.69, 9.17) is 22.4 Å². The first-order chi connectivity index (χ1) is 9.02. The first-order valence-electron chi connectivity index (χ1n) is 5.32. The van der Waals surface area contributed by atoms with Gasteiger partial charge in [-0.05, 0) is 17.7 Å². The van der Waals surface area contributed by atoms with Crippen LogP contribution in [0, 0.1) is 5.82 Å². The third-order valence-corrected chi connectivity index (χ3v) is 2.92. The Morgan fingerprint density at radius 2 is 2.26 bits per heavy atom. The second kappa shape index (κ2) is 5.33. The first kappa shape index (κ1) is 13.4. The lowest BCUT2D eigenvalue weighted by Gasteiger charge is -2.07. The second-order valence-electron chi connectivity index (χ2n) is 3.79. The Hall–Kier alpha value is -1.99. The number of carbonyl (C=O) groups is 1. The van der Waals surface area contributed by atoms with Crippen molar-refractivity contribution in [3.63, 3.8) is 0 Å². The number of nitrogens with two attached hydrogens (primary N) is 1. The minimum atomic E-state index is -1.20. The van der Waals surface area contributed by atoms with Crippen LogP contribution in [0.15, 0.2) is 18.2 Å². The number of hydrogen-bond acceptors (Lipinski definition) is 4. The van der Waals surface area contributed by atoms with Gasteiger partial charge in [0, 0.05) is 11.6 Å². The lowest BCUT2D eigenvalue weighted by Crippen LogP contribution is -2.13. The molecule has 0 aliphatic heterocycles. The number of aromatic nitrogens is 3. The highest BCUT2D eigenvalue weighted by molar-refractivity contribution is 6.31. The summed E-state index contributed by atoms with van der Waals surface area (Å²) < 4.78 is 14.3. The third-order valence-electron chi connectivity index (χ3n) is 2.57. The molecule has 0 saturated heterocycles. The molecule has 8 heteroatoms. The summed E-state index contributed by atoms with van der Waals surface area (Å²) in [7, 11) is 0. The molecule has 1 aromatic heterocycles. The molecule has 0 unspecified atom stereocenters. The Balaban J connectivity index is 2.35. The van der Waals surface area contributed by atoms with Crippen LogP contribution in [0.3, 0.4) is 0 Å². The van der Waals surface area contributed by atoms with Crippen LogP contribution in [0.2, 0.25) is 5.02 Å². The van der Waals surface area contributed by atoms with Crippen LogP contribution in [-0.2, 0) is 13.1 Å². The number of nitrogens with zero attached hydrogens (tertiary/aromatic N) is 3. The maximum atomic E-state index is 12.9. The van der Waals surface area contributed by atoms with Crippen LogP contribution >= 0.6 is 11.6 Å². The monoisotopic (exact) mass is 284 g/mol. The van der Waals surface area contributed by atoms with Crippen molar-refractivity contribution < 1.29 is 14.3 Å². The largest absolute Gasteiger partial charge is 0.476 e. The highest BCUT2D eigenvalue weighted by Gasteiger charge is 2.18. The Morgan fingerprint density at radius 3 is 2.84 bits per heavy atom. The fourth-order valence-corrected chi connectivity index (χ4v) is 1.87. The zero-order valence-corrected chi connectivity index (χ0v) is 10.4. The van der Waals surface area contributed by atoms with E-state index in [-0.39, 0.29) is 29.5 Å². The summed E-state index contributed by atoms with van der Waals surface area (Å²) in [6.45, 7) is 0.152. The first-order valence-corrected chi connectivity index (χ1v) is 5.70. The minimum absolute atomic E-state index is 0.0204. The average molecular weight is 285 g/mol. The van der Waals surface area contributed by atoms with Crippen molar-refractivity contribution in [2.75, 3.05) is 0 Å². The highest BCUT2D eigenvalue weighted by atomic mass is 35.5. The molecule has 0 radical (unpaired) electrons. The van der Waals surface area contributed by atoms with Crippen LogP contribution in [0.25, 0.3) is 0 Å². The Morgan fingerprint density at radius 1 is 1.53 bits per heavy atom. The lowest BCUT2D eigenvalue weighted by atomic mass is 10.2. The highest BCUT2D eigenvalue weighted by Crippen LogP contribution is 2.19. The van der Waals surface area contributed by atoms with Crippen LogP contribution in [0.4, 0.5) is 4.39 Å². The van der Waals surface area contributed by atoms with E-state index in [1.54, 1.807) is 0 Å². The van der Waals surface area contributed by atoms with Gasteiger partial charge in [-0.2, -0.15) is 0 Å².